The molecule has 8 nitrogen and oxygen atoms in total. The quantitative estimate of drug-likeness (QED) is 0.258. The molecular formula is C28H35Cl2N3O5. The maximum atomic E-state index is 13.3. The molecule has 2 aromatic rings. The molecule has 3 rings (SSSR count). The van der Waals surface area contributed by atoms with Crippen molar-refractivity contribution in [2.75, 3.05) is 31.2 Å². The topological polar surface area (TPSA) is 103 Å². The Hall–Kier alpha value is -2.49. The van der Waals surface area contributed by atoms with E-state index in [1.165, 1.54) is 4.90 Å². The highest BCUT2D eigenvalue weighted by Gasteiger charge is 2.51. The summed E-state index contributed by atoms with van der Waals surface area (Å²) in [4.78, 5) is 27.0. The lowest BCUT2D eigenvalue weighted by Gasteiger charge is -2.30. The lowest BCUT2D eigenvalue weighted by molar-refractivity contribution is -0.123. The van der Waals surface area contributed by atoms with Crippen LogP contribution in [0.25, 0.3) is 5.57 Å². The minimum absolute atomic E-state index is 0.000792. The first kappa shape index (κ1) is 30.1. The van der Waals surface area contributed by atoms with Gasteiger partial charge in [0.2, 0.25) is 5.91 Å². The summed E-state index contributed by atoms with van der Waals surface area (Å²) in [5.74, 6) is 0.365. The van der Waals surface area contributed by atoms with E-state index in [-0.39, 0.29) is 19.1 Å². The molecule has 1 aliphatic rings. The zero-order valence-corrected chi connectivity index (χ0v) is 23.7. The van der Waals surface area contributed by atoms with E-state index < -0.39 is 11.9 Å². The molecule has 38 heavy (non-hydrogen) atoms. The van der Waals surface area contributed by atoms with Gasteiger partial charge in [0.1, 0.15) is 5.75 Å². The minimum Gasteiger partial charge on any atom is -0.493 e. The number of rotatable bonds is 12. The van der Waals surface area contributed by atoms with E-state index in [1.54, 1.807) is 43.0 Å². The van der Waals surface area contributed by atoms with Gasteiger partial charge in [-0.15, -0.1) is 0 Å². The van der Waals surface area contributed by atoms with Crippen LogP contribution in [-0.2, 0) is 11.2 Å². The van der Waals surface area contributed by atoms with Crippen LogP contribution < -0.4 is 9.64 Å². The fraction of sp³-hybridized carbons (Fsp3) is 0.464. The van der Waals surface area contributed by atoms with Crippen LogP contribution in [0.3, 0.4) is 0 Å². The third-order valence-electron chi connectivity index (χ3n) is 6.94. The Morgan fingerprint density at radius 2 is 1.97 bits per heavy atom. The van der Waals surface area contributed by atoms with Gasteiger partial charge in [-0.2, -0.15) is 4.91 Å². The number of benzene rings is 2. The fourth-order valence-corrected chi connectivity index (χ4v) is 5.32. The molecule has 2 N–H and O–H groups in total. The zero-order chi connectivity index (χ0) is 28.0. The number of aliphatic hydroxyl groups is 2. The van der Waals surface area contributed by atoms with Crippen molar-refractivity contribution in [2.45, 2.75) is 58.8 Å². The number of amides is 1. The molecule has 2 aromatic carbocycles. The molecule has 1 aliphatic heterocycles. The Balaban J connectivity index is 1.66. The number of ether oxygens (including phenoxy) is 1. The average molecular weight is 565 g/mol. The third-order valence-corrected chi connectivity index (χ3v) is 7.78. The third kappa shape index (κ3) is 6.21. The van der Waals surface area contributed by atoms with Gasteiger partial charge in [0.25, 0.3) is 0 Å². The summed E-state index contributed by atoms with van der Waals surface area (Å²) in [5, 5.41) is 24.4. The average Bonchev–Trinajstić information content (AvgIpc) is 3.05. The van der Waals surface area contributed by atoms with Crippen LogP contribution in [-0.4, -0.2) is 59.2 Å². The zero-order valence-electron chi connectivity index (χ0n) is 22.2. The van der Waals surface area contributed by atoms with Crippen molar-refractivity contribution in [3.05, 3.63) is 68.1 Å². The van der Waals surface area contributed by atoms with E-state index in [0.717, 1.165) is 23.1 Å². The van der Waals surface area contributed by atoms with Gasteiger partial charge in [0, 0.05) is 18.2 Å². The first-order valence-corrected chi connectivity index (χ1v) is 13.4. The molecule has 1 atom stereocenters. The van der Waals surface area contributed by atoms with Gasteiger partial charge < -0.3 is 14.9 Å². The van der Waals surface area contributed by atoms with Crippen molar-refractivity contribution in [3.63, 3.8) is 0 Å². The summed E-state index contributed by atoms with van der Waals surface area (Å²) in [7, 11) is 0. The molecule has 0 radical (unpaired) electrons. The molecule has 1 fully saturated rings. The van der Waals surface area contributed by atoms with E-state index >= 15 is 0 Å². The van der Waals surface area contributed by atoms with Crippen LogP contribution in [0.15, 0.2) is 41.6 Å². The smallest absolute Gasteiger partial charge is 0.250 e. The number of carbonyl (C=O) groups is 1. The van der Waals surface area contributed by atoms with Gasteiger partial charge in [-0.3, -0.25) is 9.69 Å². The van der Waals surface area contributed by atoms with Crippen molar-refractivity contribution in [2.24, 2.45) is 5.18 Å². The summed E-state index contributed by atoms with van der Waals surface area (Å²) in [6.07, 6.45) is 2.20. The van der Waals surface area contributed by atoms with Gasteiger partial charge >= 0.3 is 0 Å². The predicted octanol–water partition coefficient (Wildman–Crippen LogP) is 5.57. The molecule has 1 amide bonds. The van der Waals surface area contributed by atoms with Crippen molar-refractivity contribution < 1.29 is 19.7 Å². The largest absolute Gasteiger partial charge is 0.493 e. The van der Waals surface area contributed by atoms with Crippen molar-refractivity contribution in [1.29, 1.82) is 0 Å². The number of carbonyl (C=O) groups excluding carboxylic acids is 1. The monoisotopic (exact) mass is 563 g/mol. The highest BCUT2D eigenvalue weighted by Crippen LogP contribution is 2.38. The van der Waals surface area contributed by atoms with Crippen LogP contribution in [0.1, 0.15) is 50.3 Å². The summed E-state index contributed by atoms with van der Waals surface area (Å²) in [6, 6.07) is 8.97. The van der Waals surface area contributed by atoms with Gasteiger partial charge in [0.05, 0.1) is 29.4 Å². The highest BCUT2D eigenvalue weighted by atomic mass is 35.5. The lowest BCUT2D eigenvalue weighted by Crippen LogP contribution is -2.46. The number of nitrogens with zero attached hydrogens (tertiary/aromatic N) is 3. The Labute approximate surface area is 233 Å². The highest BCUT2D eigenvalue weighted by molar-refractivity contribution is 6.33. The number of nitroso groups, excluding NO2 is 1. The number of aryl methyl sites for hydroxylation is 1. The number of halogens is 2. The second-order valence-electron chi connectivity index (χ2n) is 9.67. The van der Waals surface area contributed by atoms with Crippen LogP contribution in [0.2, 0.25) is 10.0 Å². The molecule has 0 spiro atoms. The lowest BCUT2D eigenvalue weighted by atomic mass is 10.0. The van der Waals surface area contributed by atoms with E-state index in [1.807, 2.05) is 26.0 Å². The Morgan fingerprint density at radius 1 is 1.24 bits per heavy atom. The van der Waals surface area contributed by atoms with Crippen molar-refractivity contribution >= 4 is 40.4 Å². The van der Waals surface area contributed by atoms with Gasteiger partial charge in [0.15, 0.2) is 6.35 Å². The second-order valence-corrected chi connectivity index (χ2v) is 10.5. The van der Waals surface area contributed by atoms with Crippen LogP contribution in [0.5, 0.6) is 5.75 Å². The maximum Gasteiger partial charge on any atom is 0.250 e. The first-order valence-electron chi connectivity index (χ1n) is 12.7. The van der Waals surface area contributed by atoms with Crippen LogP contribution >= 0.6 is 23.2 Å². The second kappa shape index (κ2) is 13.0. The molecule has 1 saturated heterocycles. The van der Waals surface area contributed by atoms with E-state index in [2.05, 4.69) is 5.18 Å². The molecule has 0 bridgehead atoms. The summed E-state index contributed by atoms with van der Waals surface area (Å²) in [6.45, 7) is 8.16. The molecular weight excluding hydrogens is 529 g/mol. The standard InChI is InChI=1S/C28H35Cl2N3O5/c1-5-19-7-10-24(18(2)25(19)30)33-26(35)28(3,4)32(27(33)36)14-6-16-38-21-8-9-22(23(29)17-21)20(12-15-34)11-13-31-37/h7-11,17,27,34,36H,5-6,12-16H2,1-4H3/b20-11+. The van der Waals surface area contributed by atoms with Crippen LogP contribution in [0.4, 0.5) is 5.69 Å². The summed E-state index contributed by atoms with van der Waals surface area (Å²) >= 11 is 13.0. The molecule has 206 valence electrons. The number of hydrogen-bond donors (Lipinski definition) is 2. The maximum absolute atomic E-state index is 13.3. The van der Waals surface area contributed by atoms with Crippen LogP contribution in [0, 0.1) is 11.8 Å². The Morgan fingerprint density at radius 3 is 2.61 bits per heavy atom. The minimum atomic E-state index is -1.13. The fourth-order valence-electron chi connectivity index (χ4n) is 4.73. The molecule has 1 heterocycles. The molecule has 10 heteroatoms. The molecule has 1 unspecified atom stereocenters. The molecule has 0 saturated carbocycles. The normalized spacial score (nSPS) is 17.8. The van der Waals surface area contributed by atoms with E-state index in [0.29, 0.717) is 53.0 Å². The first-order chi connectivity index (χ1) is 18.1. The molecule has 0 aromatic heterocycles. The summed E-state index contributed by atoms with van der Waals surface area (Å²) < 4.78 is 5.88. The Kier molecular flexibility index (Phi) is 10.3. The number of hydrogen-bond acceptors (Lipinski definition) is 7. The van der Waals surface area contributed by atoms with E-state index in [9.17, 15) is 19.9 Å². The van der Waals surface area contributed by atoms with Gasteiger partial charge in [-0.05, 0) is 86.6 Å². The Bertz CT molecular complexity index is 1200. The number of anilines is 1. The predicted molar refractivity (Wildman–Crippen MR) is 152 cm³/mol. The summed E-state index contributed by atoms with van der Waals surface area (Å²) in [5.41, 5.74) is 2.89. The van der Waals surface area contributed by atoms with E-state index in [4.69, 9.17) is 27.9 Å². The van der Waals surface area contributed by atoms with Crippen molar-refractivity contribution in [1.82, 2.24) is 4.90 Å². The van der Waals surface area contributed by atoms with Gasteiger partial charge in [-0.1, -0.05) is 47.4 Å². The van der Waals surface area contributed by atoms with Gasteiger partial charge in [-0.25, -0.2) is 4.90 Å². The van der Waals surface area contributed by atoms with Crippen molar-refractivity contribution in [3.8, 4) is 5.75 Å². The molecule has 0 aliphatic carbocycles. The SMILES string of the molecule is CCc1ccc(N2C(=O)C(C)(C)N(CCCOc3ccc(/C(=C/CN=O)CCO)c(Cl)c3)C2O)c(C)c1Cl. The number of aliphatic hydroxyl groups excluding tert-OH is 2.